The largest absolute Gasteiger partial charge is 0.356 e. The summed E-state index contributed by atoms with van der Waals surface area (Å²) in [7, 11) is 0. The lowest BCUT2D eigenvalue weighted by Gasteiger charge is -2.27. The monoisotopic (exact) mass is 410 g/mol. The van der Waals surface area contributed by atoms with Crippen LogP contribution in [0.3, 0.4) is 0 Å². The molecule has 3 N–H and O–H groups in total. The van der Waals surface area contributed by atoms with Crippen molar-refractivity contribution in [3.05, 3.63) is 34.7 Å². The summed E-state index contributed by atoms with van der Waals surface area (Å²) in [6.07, 6.45) is 3.35. The first-order chi connectivity index (χ1) is 13.2. The molecule has 0 bridgehead atoms. The summed E-state index contributed by atoms with van der Waals surface area (Å²) in [4.78, 5) is 28.9. The molecule has 3 aromatic heterocycles. The Morgan fingerprint density at radius 3 is 2.82 bits per heavy atom. The van der Waals surface area contributed by atoms with Gasteiger partial charge in [0, 0.05) is 45.4 Å². The van der Waals surface area contributed by atoms with Gasteiger partial charge in [0.05, 0.1) is 5.02 Å². The van der Waals surface area contributed by atoms with Gasteiger partial charge >= 0.3 is 0 Å². The number of anilines is 1. The highest BCUT2D eigenvalue weighted by Gasteiger charge is 2.29. The van der Waals surface area contributed by atoms with E-state index >= 15 is 0 Å². The lowest BCUT2D eigenvalue weighted by molar-refractivity contribution is -0.124. The zero-order valence-corrected chi connectivity index (χ0v) is 16.9. The van der Waals surface area contributed by atoms with Gasteiger partial charge in [-0.1, -0.05) is 11.6 Å². The van der Waals surface area contributed by atoms with E-state index in [-0.39, 0.29) is 16.7 Å². The van der Waals surface area contributed by atoms with Crippen LogP contribution in [0.5, 0.6) is 0 Å². The number of H-pyrrole nitrogens is 1. The number of hydrogen-bond acceptors (Lipinski definition) is 5. The van der Waals surface area contributed by atoms with Crippen molar-refractivity contribution in [1.82, 2.24) is 25.3 Å². The number of fused-ring (bicyclic) bond motifs is 1. The van der Waals surface area contributed by atoms with Gasteiger partial charge in [-0.15, -0.1) is 0 Å². The van der Waals surface area contributed by atoms with E-state index in [9.17, 15) is 9.18 Å². The van der Waals surface area contributed by atoms with E-state index in [1.54, 1.807) is 32.3 Å². The van der Waals surface area contributed by atoms with Crippen molar-refractivity contribution >= 4 is 34.4 Å². The minimum absolute atomic E-state index is 0. The van der Waals surface area contributed by atoms with E-state index < -0.39 is 12.2 Å². The van der Waals surface area contributed by atoms with Gasteiger partial charge in [0.25, 0.3) is 0 Å². The molecule has 3 aromatic rings. The van der Waals surface area contributed by atoms with Gasteiger partial charge in [0.2, 0.25) is 5.91 Å². The summed E-state index contributed by atoms with van der Waals surface area (Å²) in [6.45, 7) is 6.54. The molecule has 0 aliphatic heterocycles. The van der Waals surface area contributed by atoms with Gasteiger partial charge < -0.3 is 15.6 Å². The lowest BCUT2D eigenvalue weighted by atomic mass is 10.0. The number of aromatic nitrogens is 4. The Bertz CT molecular complexity index is 1050. The second kappa shape index (κ2) is 7.71. The summed E-state index contributed by atoms with van der Waals surface area (Å²) in [5.41, 5.74) is 2.06. The summed E-state index contributed by atoms with van der Waals surface area (Å²) >= 11 is 6.09. The zero-order chi connectivity index (χ0) is 20.5. The maximum atomic E-state index is 12.4. The van der Waals surface area contributed by atoms with Crippen molar-refractivity contribution in [1.29, 1.82) is 0 Å². The quantitative estimate of drug-likeness (QED) is 0.563. The van der Waals surface area contributed by atoms with Crippen LogP contribution in [0.4, 0.5) is 10.2 Å². The first-order valence-electron chi connectivity index (χ1n) is 8.83. The molecule has 3 rings (SSSR count). The van der Waals surface area contributed by atoms with E-state index in [1.165, 1.54) is 0 Å². The Balaban J connectivity index is 0.00000300. The molecule has 0 saturated heterocycles. The molecule has 0 unspecified atom stereocenters. The molecule has 3 heterocycles. The molecule has 0 spiro atoms. The van der Waals surface area contributed by atoms with Gasteiger partial charge in [-0.05, 0) is 33.8 Å². The average molecular weight is 411 g/mol. The smallest absolute Gasteiger partial charge is 0.245 e. The second-order valence-corrected chi connectivity index (χ2v) is 7.49. The number of alkyl halides is 1. The SMILES string of the molecule is Cc1nc(-c2c[nH]c3ncc(Cl)cc23)nc(NC(C)(C)C(=O)NCCF)c1C.[HH].[HH].[HH]. The molecule has 7 nitrogen and oxygen atoms in total. The van der Waals surface area contributed by atoms with Gasteiger partial charge in [-0.3, -0.25) is 4.79 Å². The standard InChI is InChI=1S/C19H22ClFN6O.3H2/c1-10-11(2)25-17(14-9-24-16-13(14)7-12(20)8-23-16)26-15(10)27-19(3,4)18(28)22-6-5-21;;;/h7-9H,5-6H2,1-4H3,(H,22,28)(H,23,24)(H,25,26,27);3*1H. The van der Waals surface area contributed by atoms with Crippen molar-refractivity contribution < 1.29 is 13.5 Å². The highest BCUT2D eigenvalue weighted by Crippen LogP contribution is 2.30. The van der Waals surface area contributed by atoms with E-state index in [4.69, 9.17) is 11.6 Å². The van der Waals surface area contributed by atoms with E-state index in [2.05, 4.69) is 30.6 Å². The number of halogens is 2. The molecule has 0 aromatic carbocycles. The first kappa shape index (κ1) is 20.0. The summed E-state index contributed by atoms with van der Waals surface area (Å²) < 4.78 is 12.4. The number of nitrogens with one attached hydrogen (secondary N) is 3. The molecule has 1 amide bonds. The fourth-order valence-corrected chi connectivity index (χ4v) is 2.93. The van der Waals surface area contributed by atoms with Gasteiger partial charge in [0.15, 0.2) is 5.82 Å². The summed E-state index contributed by atoms with van der Waals surface area (Å²) in [5.74, 6) is 0.707. The van der Waals surface area contributed by atoms with Crippen LogP contribution in [0.1, 0.15) is 29.4 Å². The number of carbonyl (C=O) groups is 1. The Hall–Kier alpha value is -2.74. The molecule has 0 atom stereocenters. The third-order valence-electron chi connectivity index (χ3n) is 4.51. The molecule has 9 heteroatoms. The van der Waals surface area contributed by atoms with E-state index in [0.29, 0.717) is 22.3 Å². The van der Waals surface area contributed by atoms with Crippen LogP contribution in [0, 0.1) is 13.8 Å². The van der Waals surface area contributed by atoms with Crippen LogP contribution < -0.4 is 10.6 Å². The maximum absolute atomic E-state index is 12.4. The number of pyridine rings is 1. The Morgan fingerprint density at radius 1 is 1.36 bits per heavy atom. The molecule has 0 saturated carbocycles. The molecule has 0 aliphatic rings. The molecule has 28 heavy (non-hydrogen) atoms. The van der Waals surface area contributed by atoms with E-state index in [1.807, 2.05) is 13.8 Å². The number of nitrogens with zero attached hydrogens (tertiary/aromatic N) is 3. The topological polar surface area (TPSA) is 95.6 Å². The molecule has 0 radical (unpaired) electrons. The molecular formula is C19H28ClFN6O. The van der Waals surface area contributed by atoms with Crippen LogP contribution in [-0.2, 0) is 4.79 Å². The van der Waals surface area contributed by atoms with Crippen molar-refractivity contribution in [2.45, 2.75) is 33.2 Å². The highest BCUT2D eigenvalue weighted by molar-refractivity contribution is 6.31. The predicted octanol–water partition coefficient (Wildman–Crippen LogP) is 4.30. The fourth-order valence-electron chi connectivity index (χ4n) is 2.77. The number of hydrogen-bond donors (Lipinski definition) is 3. The highest BCUT2D eigenvalue weighted by atomic mass is 35.5. The van der Waals surface area contributed by atoms with Crippen molar-refractivity contribution in [3.8, 4) is 11.4 Å². The van der Waals surface area contributed by atoms with Crippen molar-refractivity contribution in [2.24, 2.45) is 0 Å². The van der Waals surface area contributed by atoms with Gasteiger partial charge in [-0.2, -0.15) is 0 Å². The van der Waals surface area contributed by atoms with Gasteiger partial charge in [0.1, 0.15) is 23.7 Å². The summed E-state index contributed by atoms with van der Waals surface area (Å²) in [5, 5.41) is 7.03. The Kier molecular flexibility index (Phi) is 5.51. The van der Waals surface area contributed by atoms with E-state index in [0.717, 1.165) is 22.2 Å². The van der Waals surface area contributed by atoms with Crippen LogP contribution in [0.15, 0.2) is 18.5 Å². The van der Waals surface area contributed by atoms with Crippen LogP contribution >= 0.6 is 11.6 Å². The summed E-state index contributed by atoms with van der Waals surface area (Å²) in [6, 6.07) is 1.80. The zero-order valence-electron chi connectivity index (χ0n) is 16.2. The normalized spacial score (nSPS) is 11.6. The number of aromatic amines is 1. The minimum Gasteiger partial charge on any atom is -0.356 e. The number of amides is 1. The Morgan fingerprint density at radius 2 is 2.11 bits per heavy atom. The second-order valence-electron chi connectivity index (χ2n) is 7.05. The number of aryl methyl sites for hydroxylation is 1. The van der Waals surface area contributed by atoms with Crippen LogP contribution in [0.25, 0.3) is 22.4 Å². The van der Waals surface area contributed by atoms with Crippen LogP contribution in [0.2, 0.25) is 5.02 Å². The lowest BCUT2D eigenvalue weighted by Crippen LogP contribution is -2.48. The average Bonchev–Trinajstić information content (AvgIpc) is 3.06. The third kappa shape index (κ3) is 3.91. The molecular weight excluding hydrogens is 383 g/mol. The molecule has 0 aliphatic carbocycles. The van der Waals surface area contributed by atoms with Crippen LogP contribution in [-0.4, -0.2) is 44.6 Å². The van der Waals surface area contributed by atoms with Crippen molar-refractivity contribution in [2.75, 3.05) is 18.5 Å². The van der Waals surface area contributed by atoms with Crippen molar-refractivity contribution in [3.63, 3.8) is 0 Å². The Labute approximate surface area is 171 Å². The third-order valence-corrected chi connectivity index (χ3v) is 4.71. The predicted molar refractivity (Wildman–Crippen MR) is 115 cm³/mol. The fraction of sp³-hybridized carbons (Fsp3) is 0.368. The minimum atomic E-state index is -0.983. The first-order valence-corrected chi connectivity index (χ1v) is 9.21. The molecule has 154 valence electrons. The number of rotatable bonds is 6. The molecule has 0 fully saturated rings. The van der Waals surface area contributed by atoms with Gasteiger partial charge in [-0.25, -0.2) is 19.3 Å². The number of carbonyl (C=O) groups excluding carboxylic acids is 1. The maximum Gasteiger partial charge on any atom is 0.245 e.